The molecule has 0 radical (unpaired) electrons. The molecule has 6 nitrogen and oxygen atoms in total. The Morgan fingerprint density at radius 2 is 2.04 bits per heavy atom. The molecule has 2 fully saturated rings. The van der Waals surface area contributed by atoms with Crippen LogP contribution in [-0.4, -0.2) is 52.6 Å². The third-order valence-corrected chi connectivity index (χ3v) is 4.84. The van der Waals surface area contributed by atoms with Crippen LogP contribution in [0.2, 0.25) is 0 Å². The minimum atomic E-state index is 0.340. The summed E-state index contributed by atoms with van der Waals surface area (Å²) in [6, 6.07) is 4.33. The van der Waals surface area contributed by atoms with E-state index in [-0.39, 0.29) is 0 Å². The van der Waals surface area contributed by atoms with Crippen LogP contribution in [-0.2, 0) is 17.8 Å². The zero-order chi connectivity index (χ0) is 16.2. The van der Waals surface area contributed by atoms with Crippen molar-refractivity contribution >= 4 is 0 Å². The highest BCUT2D eigenvalue weighted by Gasteiger charge is 2.28. The summed E-state index contributed by atoms with van der Waals surface area (Å²) in [4.78, 5) is 14.2. The van der Waals surface area contributed by atoms with Gasteiger partial charge in [0.25, 0.3) is 0 Å². The molecule has 2 aromatic rings. The van der Waals surface area contributed by atoms with E-state index in [0.717, 1.165) is 69.5 Å². The van der Waals surface area contributed by atoms with Gasteiger partial charge in [-0.2, -0.15) is 0 Å². The van der Waals surface area contributed by atoms with Gasteiger partial charge in [0.15, 0.2) is 0 Å². The Bertz CT molecular complexity index is 640. The Labute approximate surface area is 142 Å². The van der Waals surface area contributed by atoms with E-state index in [1.54, 1.807) is 6.26 Å². The van der Waals surface area contributed by atoms with E-state index in [1.165, 1.54) is 6.42 Å². The fraction of sp³-hybridized carbons (Fsp3) is 0.556. The second-order valence-electron chi connectivity index (χ2n) is 6.53. The lowest BCUT2D eigenvalue weighted by Gasteiger charge is -2.27. The lowest BCUT2D eigenvalue weighted by Crippen LogP contribution is -2.36. The SMILES string of the molecule is c1coc(CN2CCC[C@@H]2c2cncc(CN3CCOCC3)n2)c1. The number of nitrogens with zero attached hydrogens (tertiary/aromatic N) is 4. The molecule has 2 aliphatic heterocycles. The van der Waals surface area contributed by atoms with Crippen molar-refractivity contribution in [2.75, 3.05) is 32.8 Å². The zero-order valence-electron chi connectivity index (χ0n) is 13.9. The topological polar surface area (TPSA) is 54.6 Å². The van der Waals surface area contributed by atoms with Gasteiger partial charge in [-0.05, 0) is 31.5 Å². The molecule has 2 aromatic heterocycles. The largest absolute Gasteiger partial charge is 0.468 e. The van der Waals surface area contributed by atoms with Crippen molar-refractivity contribution in [3.63, 3.8) is 0 Å². The van der Waals surface area contributed by atoms with Gasteiger partial charge in [0.2, 0.25) is 0 Å². The molecule has 0 saturated carbocycles. The van der Waals surface area contributed by atoms with E-state index in [0.29, 0.717) is 6.04 Å². The molecule has 0 amide bonds. The van der Waals surface area contributed by atoms with Crippen molar-refractivity contribution in [1.29, 1.82) is 0 Å². The molecule has 128 valence electrons. The third-order valence-electron chi connectivity index (χ3n) is 4.84. The van der Waals surface area contributed by atoms with E-state index in [9.17, 15) is 0 Å². The lowest BCUT2D eigenvalue weighted by atomic mass is 10.1. The molecular formula is C18H24N4O2. The van der Waals surface area contributed by atoms with Gasteiger partial charge < -0.3 is 9.15 Å². The molecule has 0 spiro atoms. The lowest BCUT2D eigenvalue weighted by molar-refractivity contribution is 0.0335. The maximum absolute atomic E-state index is 5.51. The molecule has 4 heterocycles. The van der Waals surface area contributed by atoms with E-state index in [1.807, 2.05) is 24.5 Å². The molecule has 2 saturated heterocycles. The van der Waals surface area contributed by atoms with Crippen LogP contribution in [0.4, 0.5) is 0 Å². The fourth-order valence-corrected chi connectivity index (χ4v) is 3.60. The van der Waals surface area contributed by atoms with Crippen molar-refractivity contribution in [3.05, 3.63) is 47.9 Å². The first-order valence-electron chi connectivity index (χ1n) is 8.76. The van der Waals surface area contributed by atoms with E-state index in [2.05, 4.69) is 14.8 Å². The zero-order valence-corrected chi connectivity index (χ0v) is 13.9. The number of hydrogen-bond acceptors (Lipinski definition) is 6. The number of ether oxygens (including phenoxy) is 1. The van der Waals surface area contributed by atoms with Gasteiger partial charge in [-0.3, -0.25) is 19.8 Å². The third kappa shape index (κ3) is 3.66. The second kappa shape index (κ2) is 7.42. The Morgan fingerprint density at radius 1 is 1.12 bits per heavy atom. The van der Waals surface area contributed by atoms with Crippen molar-refractivity contribution in [2.24, 2.45) is 0 Å². The molecule has 0 aromatic carbocycles. The highest BCUT2D eigenvalue weighted by molar-refractivity contribution is 5.11. The molecule has 6 heteroatoms. The first-order chi connectivity index (χ1) is 11.9. The molecule has 4 rings (SSSR count). The van der Waals surface area contributed by atoms with E-state index >= 15 is 0 Å². The number of furan rings is 1. The number of hydrogen-bond donors (Lipinski definition) is 0. The number of likely N-dealkylation sites (tertiary alicyclic amines) is 1. The predicted molar refractivity (Wildman–Crippen MR) is 89.2 cm³/mol. The molecule has 2 aliphatic rings. The van der Waals surface area contributed by atoms with Crippen LogP contribution in [0.5, 0.6) is 0 Å². The molecule has 0 bridgehead atoms. The van der Waals surface area contributed by atoms with Crippen LogP contribution >= 0.6 is 0 Å². The molecule has 0 unspecified atom stereocenters. The maximum atomic E-state index is 5.51. The monoisotopic (exact) mass is 328 g/mol. The summed E-state index contributed by atoms with van der Waals surface area (Å²) < 4.78 is 10.9. The van der Waals surface area contributed by atoms with Crippen LogP contribution in [0, 0.1) is 0 Å². The Balaban J connectivity index is 1.45. The van der Waals surface area contributed by atoms with Crippen molar-refractivity contribution in [2.45, 2.75) is 32.0 Å². The van der Waals surface area contributed by atoms with Gasteiger partial charge in [-0.15, -0.1) is 0 Å². The highest BCUT2D eigenvalue weighted by Crippen LogP contribution is 2.32. The Kier molecular flexibility index (Phi) is 4.87. The van der Waals surface area contributed by atoms with Gasteiger partial charge in [0, 0.05) is 32.0 Å². The Hall–Kier alpha value is -1.76. The number of aromatic nitrogens is 2. The first-order valence-corrected chi connectivity index (χ1v) is 8.76. The summed E-state index contributed by atoms with van der Waals surface area (Å²) in [6.07, 6.45) is 7.89. The van der Waals surface area contributed by atoms with Crippen molar-refractivity contribution < 1.29 is 9.15 Å². The summed E-state index contributed by atoms with van der Waals surface area (Å²) in [6.45, 7) is 6.35. The summed E-state index contributed by atoms with van der Waals surface area (Å²) in [5.74, 6) is 1.01. The molecule has 0 aliphatic carbocycles. The molecule has 0 N–H and O–H groups in total. The van der Waals surface area contributed by atoms with Crippen LogP contribution in [0.3, 0.4) is 0 Å². The van der Waals surface area contributed by atoms with Crippen LogP contribution in [0.15, 0.2) is 35.2 Å². The second-order valence-corrected chi connectivity index (χ2v) is 6.53. The molecule has 24 heavy (non-hydrogen) atoms. The quantitative estimate of drug-likeness (QED) is 0.839. The summed E-state index contributed by atoms with van der Waals surface area (Å²) in [7, 11) is 0. The number of rotatable bonds is 5. The standard InChI is InChI=1S/C18H24N4O2/c1-4-18(22(5-1)14-16-3-2-8-24-16)17-12-19-11-15(20-17)13-21-6-9-23-10-7-21/h2-3,8,11-12,18H,1,4-7,9-10,13-14H2/t18-/m1/s1. The van der Waals surface area contributed by atoms with Crippen LogP contribution in [0.25, 0.3) is 0 Å². The molecule has 1 atom stereocenters. The van der Waals surface area contributed by atoms with Gasteiger partial charge in [0.05, 0.1) is 43.5 Å². The van der Waals surface area contributed by atoms with E-state index < -0.39 is 0 Å². The van der Waals surface area contributed by atoms with Gasteiger partial charge in [-0.25, -0.2) is 0 Å². The van der Waals surface area contributed by atoms with Gasteiger partial charge in [-0.1, -0.05) is 0 Å². The normalized spacial score (nSPS) is 22.9. The minimum Gasteiger partial charge on any atom is -0.468 e. The summed E-state index contributed by atoms with van der Waals surface area (Å²) in [5.41, 5.74) is 2.14. The van der Waals surface area contributed by atoms with Crippen LogP contribution in [0.1, 0.15) is 36.0 Å². The average Bonchev–Trinajstić information content (AvgIpc) is 3.28. The average molecular weight is 328 g/mol. The summed E-state index contributed by atoms with van der Waals surface area (Å²) in [5, 5.41) is 0. The smallest absolute Gasteiger partial charge is 0.117 e. The summed E-state index contributed by atoms with van der Waals surface area (Å²) >= 11 is 0. The number of morpholine rings is 1. The van der Waals surface area contributed by atoms with E-state index in [4.69, 9.17) is 14.1 Å². The predicted octanol–water partition coefficient (Wildman–Crippen LogP) is 2.24. The fourth-order valence-electron chi connectivity index (χ4n) is 3.60. The molecular weight excluding hydrogens is 304 g/mol. The highest BCUT2D eigenvalue weighted by atomic mass is 16.5. The first kappa shape index (κ1) is 15.7. The van der Waals surface area contributed by atoms with Crippen molar-refractivity contribution in [1.82, 2.24) is 19.8 Å². The van der Waals surface area contributed by atoms with Crippen molar-refractivity contribution in [3.8, 4) is 0 Å². The van der Waals surface area contributed by atoms with Gasteiger partial charge in [0.1, 0.15) is 5.76 Å². The van der Waals surface area contributed by atoms with Crippen LogP contribution < -0.4 is 0 Å². The van der Waals surface area contributed by atoms with Gasteiger partial charge >= 0.3 is 0 Å². The minimum absolute atomic E-state index is 0.340. The maximum Gasteiger partial charge on any atom is 0.117 e. The Morgan fingerprint density at radius 3 is 2.88 bits per heavy atom.